The highest BCUT2D eigenvalue weighted by molar-refractivity contribution is 5.89. The minimum atomic E-state index is -0.577. The van der Waals surface area contributed by atoms with Gasteiger partial charge in [0.25, 0.3) is 0 Å². The van der Waals surface area contributed by atoms with E-state index in [-0.39, 0.29) is 0 Å². The highest BCUT2D eigenvalue weighted by atomic mass is 17.2. The standard InChI is InChI=1S/C11H13O4/c1-3-8-14-10-6-4-9(5-7-10)11(12)15-13-2/h4-7H,2-3,8H2,1H3. The third kappa shape index (κ3) is 3.59. The summed E-state index contributed by atoms with van der Waals surface area (Å²) in [5, 5.41) is 0. The molecule has 0 aliphatic carbocycles. The van der Waals surface area contributed by atoms with Gasteiger partial charge in [0.2, 0.25) is 0 Å². The van der Waals surface area contributed by atoms with Crippen molar-refractivity contribution < 1.29 is 19.3 Å². The molecule has 4 heteroatoms. The number of carbonyl (C=O) groups excluding carboxylic acids is 1. The fourth-order valence-electron chi connectivity index (χ4n) is 1.01. The lowest BCUT2D eigenvalue weighted by atomic mass is 10.2. The van der Waals surface area contributed by atoms with Crippen molar-refractivity contribution in [3.63, 3.8) is 0 Å². The summed E-state index contributed by atoms with van der Waals surface area (Å²) < 4.78 is 5.35. The van der Waals surface area contributed by atoms with Crippen LogP contribution in [0.1, 0.15) is 23.7 Å². The fourth-order valence-corrected chi connectivity index (χ4v) is 1.01. The molecule has 0 N–H and O–H groups in total. The van der Waals surface area contributed by atoms with E-state index in [1.54, 1.807) is 24.3 Å². The van der Waals surface area contributed by atoms with Gasteiger partial charge in [-0.2, -0.15) is 4.89 Å². The van der Waals surface area contributed by atoms with Crippen LogP contribution in [0.2, 0.25) is 0 Å². The normalized spacial score (nSPS) is 9.73. The molecule has 0 spiro atoms. The maximum absolute atomic E-state index is 11.1. The first-order valence-electron chi connectivity index (χ1n) is 4.63. The number of rotatable bonds is 5. The lowest BCUT2D eigenvalue weighted by Crippen LogP contribution is -2.03. The van der Waals surface area contributed by atoms with Crippen molar-refractivity contribution in [2.24, 2.45) is 0 Å². The molecular formula is C11H13O4. The topological polar surface area (TPSA) is 44.8 Å². The summed E-state index contributed by atoms with van der Waals surface area (Å²) in [4.78, 5) is 19.4. The van der Waals surface area contributed by atoms with Crippen LogP contribution in [0.15, 0.2) is 24.3 Å². The van der Waals surface area contributed by atoms with Gasteiger partial charge in [0.15, 0.2) is 0 Å². The van der Waals surface area contributed by atoms with Crippen molar-refractivity contribution in [3.05, 3.63) is 36.9 Å². The number of ether oxygens (including phenoxy) is 1. The third-order valence-corrected chi connectivity index (χ3v) is 1.70. The van der Waals surface area contributed by atoms with Gasteiger partial charge in [-0.25, -0.2) is 4.79 Å². The summed E-state index contributed by atoms with van der Waals surface area (Å²) in [6.07, 6.45) is 0.944. The Morgan fingerprint density at radius 3 is 2.53 bits per heavy atom. The number of benzene rings is 1. The van der Waals surface area contributed by atoms with Crippen LogP contribution in [0.4, 0.5) is 0 Å². The van der Waals surface area contributed by atoms with E-state index in [2.05, 4.69) is 16.9 Å². The zero-order valence-corrected chi connectivity index (χ0v) is 8.56. The summed E-state index contributed by atoms with van der Waals surface area (Å²) in [6.45, 7) is 2.68. The summed E-state index contributed by atoms with van der Waals surface area (Å²) in [5.41, 5.74) is 0.391. The Bertz CT molecular complexity index is 305. The van der Waals surface area contributed by atoms with Gasteiger partial charge in [-0.15, -0.1) is 0 Å². The molecule has 4 nitrogen and oxygen atoms in total. The van der Waals surface area contributed by atoms with Crippen LogP contribution in [-0.2, 0) is 9.78 Å². The van der Waals surface area contributed by atoms with Crippen LogP contribution >= 0.6 is 0 Å². The van der Waals surface area contributed by atoms with Gasteiger partial charge in [-0.1, -0.05) is 6.92 Å². The Hall–Kier alpha value is -1.55. The van der Waals surface area contributed by atoms with Gasteiger partial charge in [0.05, 0.1) is 12.2 Å². The van der Waals surface area contributed by atoms with Crippen LogP contribution in [0.5, 0.6) is 5.75 Å². The molecule has 15 heavy (non-hydrogen) atoms. The number of hydrogen-bond acceptors (Lipinski definition) is 4. The maximum atomic E-state index is 11.1. The van der Waals surface area contributed by atoms with E-state index in [9.17, 15) is 4.79 Å². The van der Waals surface area contributed by atoms with Gasteiger partial charge >= 0.3 is 5.97 Å². The smallest absolute Gasteiger partial charge is 0.373 e. The number of carbonyl (C=O) groups is 1. The van der Waals surface area contributed by atoms with Gasteiger partial charge in [-0.05, 0) is 30.7 Å². The Kier molecular flexibility index (Phi) is 4.63. The predicted molar refractivity (Wildman–Crippen MR) is 54.1 cm³/mol. The minimum Gasteiger partial charge on any atom is -0.494 e. The Labute approximate surface area is 88.7 Å². The highest BCUT2D eigenvalue weighted by Crippen LogP contribution is 2.13. The van der Waals surface area contributed by atoms with Crippen molar-refractivity contribution in [2.75, 3.05) is 6.61 Å². The monoisotopic (exact) mass is 209 g/mol. The van der Waals surface area contributed by atoms with Gasteiger partial charge in [-0.3, -0.25) is 4.89 Å². The summed E-state index contributed by atoms with van der Waals surface area (Å²) in [6, 6.07) is 6.61. The molecule has 1 aromatic rings. The fraction of sp³-hybridized carbons (Fsp3) is 0.273. The van der Waals surface area contributed by atoms with Crippen LogP contribution in [0, 0.1) is 7.11 Å². The summed E-state index contributed by atoms with van der Waals surface area (Å²) in [7, 11) is 2.94. The SMILES string of the molecule is [CH2]OOC(=O)c1ccc(OCCC)cc1. The Morgan fingerprint density at radius 1 is 1.33 bits per heavy atom. The van der Waals surface area contributed by atoms with Crippen LogP contribution in [0.3, 0.4) is 0 Å². The second-order valence-electron chi connectivity index (χ2n) is 2.86. The van der Waals surface area contributed by atoms with Gasteiger partial charge in [0.1, 0.15) is 12.9 Å². The average molecular weight is 209 g/mol. The van der Waals surface area contributed by atoms with E-state index in [0.29, 0.717) is 12.2 Å². The molecule has 1 rings (SSSR count). The van der Waals surface area contributed by atoms with E-state index in [1.165, 1.54) is 0 Å². The molecule has 0 fully saturated rings. The molecule has 81 valence electrons. The molecule has 0 atom stereocenters. The third-order valence-electron chi connectivity index (χ3n) is 1.70. The van der Waals surface area contributed by atoms with E-state index in [4.69, 9.17) is 4.74 Å². The van der Waals surface area contributed by atoms with E-state index in [1.807, 2.05) is 6.92 Å². The van der Waals surface area contributed by atoms with Gasteiger partial charge in [0, 0.05) is 0 Å². The largest absolute Gasteiger partial charge is 0.494 e. The lowest BCUT2D eigenvalue weighted by molar-refractivity contribution is -0.195. The van der Waals surface area contributed by atoms with E-state index >= 15 is 0 Å². The molecule has 0 aliphatic rings. The van der Waals surface area contributed by atoms with Crippen molar-refractivity contribution in [3.8, 4) is 5.75 Å². The van der Waals surface area contributed by atoms with Crippen molar-refractivity contribution in [1.82, 2.24) is 0 Å². The number of hydrogen-bond donors (Lipinski definition) is 0. The first kappa shape index (κ1) is 11.5. The quantitative estimate of drug-likeness (QED) is 0.551. The molecule has 0 bridgehead atoms. The second-order valence-corrected chi connectivity index (χ2v) is 2.86. The Morgan fingerprint density at radius 2 is 2.00 bits per heavy atom. The molecule has 0 aliphatic heterocycles. The summed E-state index contributed by atoms with van der Waals surface area (Å²) >= 11 is 0. The van der Waals surface area contributed by atoms with Crippen LogP contribution in [-0.4, -0.2) is 12.6 Å². The first-order valence-corrected chi connectivity index (χ1v) is 4.63. The zero-order chi connectivity index (χ0) is 11.1. The molecule has 0 heterocycles. The van der Waals surface area contributed by atoms with Crippen LogP contribution in [0.25, 0.3) is 0 Å². The molecule has 0 saturated carbocycles. The Balaban J connectivity index is 2.59. The molecule has 0 aromatic heterocycles. The minimum absolute atomic E-state index is 0.391. The lowest BCUT2D eigenvalue weighted by Gasteiger charge is -2.04. The molecule has 1 radical (unpaired) electrons. The zero-order valence-electron chi connectivity index (χ0n) is 8.56. The van der Waals surface area contributed by atoms with Gasteiger partial charge < -0.3 is 4.74 Å². The van der Waals surface area contributed by atoms with Crippen molar-refractivity contribution >= 4 is 5.97 Å². The molecular weight excluding hydrogens is 196 g/mol. The average Bonchev–Trinajstić information content (AvgIpc) is 2.27. The molecule has 0 amide bonds. The highest BCUT2D eigenvalue weighted by Gasteiger charge is 2.07. The van der Waals surface area contributed by atoms with Crippen LogP contribution < -0.4 is 4.74 Å². The maximum Gasteiger partial charge on any atom is 0.373 e. The molecule has 0 unspecified atom stereocenters. The predicted octanol–water partition coefficient (Wildman–Crippen LogP) is 2.36. The molecule has 0 saturated heterocycles. The van der Waals surface area contributed by atoms with E-state index < -0.39 is 5.97 Å². The molecule has 1 aromatic carbocycles. The first-order chi connectivity index (χ1) is 7.27. The van der Waals surface area contributed by atoms with Crippen molar-refractivity contribution in [1.29, 1.82) is 0 Å². The second kappa shape index (κ2) is 6.03. The summed E-state index contributed by atoms with van der Waals surface area (Å²) in [5.74, 6) is 0.149. The van der Waals surface area contributed by atoms with E-state index in [0.717, 1.165) is 12.2 Å². The van der Waals surface area contributed by atoms with Crippen molar-refractivity contribution in [2.45, 2.75) is 13.3 Å².